The smallest absolute Gasteiger partial charge is 0.267 e. The minimum absolute atomic E-state index is 0.0535. The van der Waals surface area contributed by atoms with Crippen LogP contribution < -0.4 is 9.47 Å². The van der Waals surface area contributed by atoms with Crippen molar-refractivity contribution in [3.8, 4) is 11.5 Å². The molecule has 1 unspecified atom stereocenters. The van der Waals surface area contributed by atoms with Gasteiger partial charge in [0.15, 0.2) is 0 Å². The van der Waals surface area contributed by atoms with Crippen molar-refractivity contribution in [3.63, 3.8) is 0 Å². The molecule has 3 aromatic rings. The Morgan fingerprint density at radius 2 is 1.69 bits per heavy atom. The molecule has 0 radical (unpaired) electrons. The number of aromatic nitrogens is 1. The first-order valence-corrected chi connectivity index (χ1v) is 12.4. The summed E-state index contributed by atoms with van der Waals surface area (Å²) in [4.78, 5) is 14.6. The molecule has 9 heteroatoms. The Bertz CT molecular complexity index is 1210. The van der Waals surface area contributed by atoms with E-state index in [1.807, 2.05) is 19.1 Å². The van der Waals surface area contributed by atoms with Gasteiger partial charge in [0.25, 0.3) is 10.0 Å². The molecule has 7 nitrogen and oxygen atoms in total. The Labute approximate surface area is 192 Å². The van der Waals surface area contributed by atoms with Crippen LogP contribution in [0.5, 0.6) is 11.5 Å². The van der Waals surface area contributed by atoms with E-state index in [4.69, 9.17) is 9.47 Å². The summed E-state index contributed by atoms with van der Waals surface area (Å²) in [7, 11) is -0.649. The number of aryl methyl sites for hydroxylation is 1. The maximum atomic E-state index is 13.3. The van der Waals surface area contributed by atoms with Gasteiger partial charge in [-0.2, -0.15) is 0 Å². The van der Waals surface area contributed by atoms with Crippen molar-refractivity contribution in [2.75, 3.05) is 20.0 Å². The molecular formula is C23H24N2O5S2. The standard InChI is InChI=1S/C23H24N2O5S2/c1-16-6-8-20(9-7-16)32(27,28)25-10-4-5-21(25)23-24(22(26)15-31-23)14-17-11-18(29-2)13-19(12-17)30-3/h4-13,23H,14-15H2,1-3H3. The van der Waals surface area contributed by atoms with Crippen molar-refractivity contribution in [2.45, 2.75) is 23.7 Å². The Morgan fingerprint density at radius 3 is 2.31 bits per heavy atom. The number of hydrogen-bond donors (Lipinski definition) is 0. The van der Waals surface area contributed by atoms with Crippen LogP contribution in [0.15, 0.2) is 65.7 Å². The van der Waals surface area contributed by atoms with Crippen LogP contribution in [0.2, 0.25) is 0 Å². The van der Waals surface area contributed by atoms with Crippen molar-refractivity contribution in [1.29, 1.82) is 0 Å². The second-order valence-electron chi connectivity index (χ2n) is 7.45. The number of carbonyl (C=O) groups is 1. The molecule has 1 aliphatic heterocycles. The molecule has 0 saturated carbocycles. The number of rotatable bonds is 7. The van der Waals surface area contributed by atoms with Crippen molar-refractivity contribution < 1.29 is 22.7 Å². The van der Waals surface area contributed by atoms with Gasteiger partial charge >= 0.3 is 0 Å². The molecule has 1 aromatic heterocycles. The molecule has 4 rings (SSSR count). The Kier molecular flexibility index (Phi) is 6.21. The third kappa shape index (κ3) is 4.22. The molecule has 32 heavy (non-hydrogen) atoms. The van der Waals surface area contributed by atoms with Crippen LogP contribution in [-0.4, -0.2) is 43.2 Å². The molecule has 0 bridgehead atoms. The highest BCUT2D eigenvalue weighted by Gasteiger charge is 2.36. The molecule has 0 N–H and O–H groups in total. The first kappa shape index (κ1) is 22.3. The largest absolute Gasteiger partial charge is 0.497 e. The topological polar surface area (TPSA) is 77.8 Å². The number of benzene rings is 2. The predicted molar refractivity (Wildman–Crippen MR) is 123 cm³/mol. The van der Waals surface area contributed by atoms with E-state index in [1.54, 1.807) is 61.6 Å². The second kappa shape index (κ2) is 8.91. The third-order valence-corrected chi connectivity index (χ3v) is 8.25. The van der Waals surface area contributed by atoms with E-state index in [2.05, 4.69) is 0 Å². The van der Waals surface area contributed by atoms with Crippen LogP contribution in [0.25, 0.3) is 0 Å². The molecule has 1 amide bonds. The van der Waals surface area contributed by atoms with Gasteiger partial charge in [-0.1, -0.05) is 17.7 Å². The first-order valence-electron chi connectivity index (χ1n) is 9.96. The highest BCUT2D eigenvalue weighted by Crippen LogP contribution is 2.41. The van der Waals surface area contributed by atoms with Crippen LogP contribution in [-0.2, 0) is 21.4 Å². The summed E-state index contributed by atoms with van der Waals surface area (Å²) in [5.74, 6) is 1.48. The van der Waals surface area contributed by atoms with Crippen LogP contribution in [0, 0.1) is 6.92 Å². The third-order valence-electron chi connectivity index (χ3n) is 5.31. The van der Waals surface area contributed by atoms with E-state index in [9.17, 15) is 13.2 Å². The molecule has 0 spiro atoms. The summed E-state index contributed by atoms with van der Waals surface area (Å²) in [5, 5.41) is -0.435. The number of thioether (sulfide) groups is 1. The summed E-state index contributed by atoms with van der Waals surface area (Å²) < 4.78 is 38.6. The summed E-state index contributed by atoms with van der Waals surface area (Å²) in [6.07, 6.45) is 1.53. The summed E-state index contributed by atoms with van der Waals surface area (Å²) in [6.45, 7) is 2.21. The first-order chi connectivity index (χ1) is 15.3. The SMILES string of the molecule is COc1cc(CN2C(=O)CSC2c2cccn2S(=O)(=O)c2ccc(C)cc2)cc(OC)c1. The molecular weight excluding hydrogens is 448 g/mol. The molecule has 2 aromatic carbocycles. The van der Waals surface area contributed by atoms with Crippen molar-refractivity contribution >= 4 is 27.7 Å². The fraction of sp³-hybridized carbons (Fsp3) is 0.261. The normalized spacial score (nSPS) is 16.4. The van der Waals surface area contributed by atoms with Crippen molar-refractivity contribution in [2.24, 2.45) is 0 Å². The Hall–Kier alpha value is -2.91. The van der Waals surface area contributed by atoms with Crippen LogP contribution in [0.1, 0.15) is 22.2 Å². The highest BCUT2D eigenvalue weighted by molar-refractivity contribution is 8.00. The second-order valence-corrected chi connectivity index (χ2v) is 10.3. The zero-order chi connectivity index (χ0) is 22.9. The van der Waals surface area contributed by atoms with Gasteiger partial charge in [-0.05, 0) is 48.9 Å². The maximum absolute atomic E-state index is 13.3. The molecule has 168 valence electrons. The quantitative estimate of drug-likeness (QED) is 0.520. The lowest BCUT2D eigenvalue weighted by molar-refractivity contribution is -0.128. The maximum Gasteiger partial charge on any atom is 0.267 e. The van der Waals surface area contributed by atoms with Gasteiger partial charge < -0.3 is 14.4 Å². The Morgan fingerprint density at radius 1 is 1.03 bits per heavy atom. The number of hydrogen-bond acceptors (Lipinski definition) is 6. The summed E-state index contributed by atoms with van der Waals surface area (Å²) in [6, 6.07) is 15.6. The van der Waals surface area contributed by atoms with Gasteiger partial charge in [-0.15, -0.1) is 11.8 Å². The number of ether oxygens (including phenoxy) is 2. The van der Waals surface area contributed by atoms with Gasteiger partial charge in [-0.25, -0.2) is 12.4 Å². The highest BCUT2D eigenvalue weighted by atomic mass is 32.2. The lowest BCUT2D eigenvalue weighted by Gasteiger charge is -2.25. The van der Waals surface area contributed by atoms with E-state index in [-0.39, 0.29) is 16.6 Å². The Balaban J connectivity index is 1.68. The summed E-state index contributed by atoms with van der Waals surface area (Å²) >= 11 is 1.41. The van der Waals surface area contributed by atoms with Gasteiger partial charge in [0, 0.05) is 18.8 Å². The number of nitrogens with zero attached hydrogens (tertiary/aromatic N) is 2. The average Bonchev–Trinajstić information content (AvgIpc) is 3.41. The molecule has 1 atom stereocenters. The molecule has 1 fully saturated rings. The van der Waals surface area contributed by atoms with Gasteiger partial charge in [0.2, 0.25) is 5.91 Å². The van der Waals surface area contributed by atoms with E-state index in [1.165, 1.54) is 21.9 Å². The van der Waals surface area contributed by atoms with Gasteiger partial charge in [-0.3, -0.25) is 4.79 Å². The number of carbonyl (C=O) groups excluding carboxylic acids is 1. The fourth-order valence-corrected chi connectivity index (χ4v) is 6.28. The van der Waals surface area contributed by atoms with E-state index >= 15 is 0 Å². The van der Waals surface area contributed by atoms with Gasteiger partial charge in [0.05, 0.1) is 30.6 Å². The van der Waals surface area contributed by atoms with E-state index in [0.717, 1.165) is 11.1 Å². The van der Waals surface area contributed by atoms with E-state index in [0.29, 0.717) is 23.7 Å². The predicted octanol–water partition coefficient (Wildman–Crippen LogP) is 3.82. The van der Waals surface area contributed by atoms with E-state index < -0.39 is 15.4 Å². The summed E-state index contributed by atoms with van der Waals surface area (Å²) in [5.41, 5.74) is 2.35. The molecule has 1 saturated heterocycles. The molecule has 2 heterocycles. The minimum atomic E-state index is -3.79. The molecule has 1 aliphatic rings. The lowest BCUT2D eigenvalue weighted by Crippen LogP contribution is -2.29. The average molecular weight is 473 g/mol. The molecule has 0 aliphatic carbocycles. The zero-order valence-electron chi connectivity index (χ0n) is 18.0. The zero-order valence-corrected chi connectivity index (χ0v) is 19.7. The van der Waals surface area contributed by atoms with Crippen LogP contribution >= 0.6 is 11.8 Å². The number of methoxy groups -OCH3 is 2. The van der Waals surface area contributed by atoms with Crippen molar-refractivity contribution in [1.82, 2.24) is 8.87 Å². The van der Waals surface area contributed by atoms with Crippen LogP contribution in [0.3, 0.4) is 0 Å². The minimum Gasteiger partial charge on any atom is -0.497 e. The monoisotopic (exact) mass is 472 g/mol. The fourth-order valence-electron chi connectivity index (χ4n) is 3.64. The van der Waals surface area contributed by atoms with Gasteiger partial charge in [0.1, 0.15) is 16.9 Å². The van der Waals surface area contributed by atoms with Crippen LogP contribution in [0.4, 0.5) is 0 Å². The lowest BCUT2D eigenvalue weighted by atomic mass is 10.1. The van der Waals surface area contributed by atoms with Crippen molar-refractivity contribution in [3.05, 3.63) is 77.6 Å². The number of amides is 1.